The number of rotatable bonds is 4. The van der Waals surface area contributed by atoms with E-state index >= 15 is 0 Å². The number of benzene rings is 1. The summed E-state index contributed by atoms with van der Waals surface area (Å²) < 4.78 is 27.2. The van der Waals surface area contributed by atoms with Crippen molar-refractivity contribution < 1.29 is 27.5 Å². The third-order valence-electron chi connectivity index (χ3n) is 3.68. The van der Waals surface area contributed by atoms with Gasteiger partial charge in [0.05, 0.1) is 24.2 Å². The molecule has 130 valence electrons. The number of hydrogen-bond donors (Lipinski definition) is 2. The van der Waals surface area contributed by atoms with E-state index in [1.54, 1.807) is 0 Å². The average molecular weight is 354 g/mol. The maximum Gasteiger partial charge on any atom is 0.337 e. The van der Waals surface area contributed by atoms with Gasteiger partial charge in [-0.05, 0) is 36.6 Å². The zero-order valence-corrected chi connectivity index (χ0v) is 13.9. The minimum atomic E-state index is -3.03. The fourth-order valence-electron chi connectivity index (χ4n) is 2.42. The molecule has 0 unspecified atom stereocenters. The molecule has 24 heavy (non-hydrogen) atoms. The molecule has 1 saturated heterocycles. The summed E-state index contributed by atoms with van der Waals surface area (Å²) in [6.45, 7) is 0. The molecule has 0 spiro atoms. The van der Waals surface area contributed by atoms with Gasteiger partial charge in [-0.3, -0.25) is 20.4 Å². The van der Waals surface area contributed by atoms with Gasteiger partial charge in [-0.1, -0.05) is 0 Å². The topological polar surface area (TPSA) is 119 Å². The van der Waals surface area contributed by atoms with Crippen molar-refractivity contribution in [2.24, 2.45) is 5.92 Å². The van der Waals surface area contributed by atoms with E-state index in [0.29, 0.717) is 12.0 Å². The second-order valence-corrected chi connectivity index (χ2v) is 7.77. The summed E-state index contributed by atoms with van der Waals surface area (Å²) in [5.41, 5.74) is 5.07. The van der Waals surface area contributed by atoms with E-state index in [9.17, 15) is 22.8 Å². The highest BCUT2D eigenvalue weighted by Crippen LogP contribution is 2.21. The molecule has 1 aliphatic rings. The summed E-state index contributed by atoms with van der Waals surface area (Å²) in [5.74, 6) is -1.61. The smallest absolute Gasteiger partial charge is 0.337 e. The van der Waals surface area contributed by atoms with Crippen LogP contribution in [0.15, 0.2) is 24.3 Å². The highest BCUT2D eigenvalue weighted by molar-refractivity contribution is 7.91. The molecule has 1 fully saturated rings. The van der Waals surface area contributed by atoms with Gasteiger partial charge in [0.25, 0.3) is 5.91 Å². The average Bonchev–Trinajstić information content (AvgIpc) is 2.90. The number of hydrogen-bond acceptors (Lipinski definition) is 6. The fraction of sp³-hybridized carbons (Fsp3) is 0.400. The molecule has 1 atom stereocenters. The second-order valence-electron chi connectivity index (χ2n) is 5.54. The minimum absolute atomic E-state index is 0.00333. The molecule has 8 nitrogen and oxygen atoms in total. The summed E-state index contributed by atoms with van der Waals surface area (Å²) in [4.78, 5) is 34.9. The van der Waals surface area contributed by atoms with Crippen LogP contribution in [0.5, 0.6) is 0 Å². The van der Waals surface area contributed by atoms with Crippen molar-refractivity contribution >= 4 is 27.6 Å². The molecule has 1 aliphatic heterocycles. The molecule has 0 bridgehead atoms. The van der Waals surface area contributed by atoms with Gasteiger partial charge in [0, 0.05) is 12.0 Å². The first-order valence-electron chi connectivity index (χ1n) is 7.29. The summed E-state index contributed by atoms with van der Waals surface area (Å²) in [5, 5.41) is 0. The Balaban J connectivity index is 1.82. The van der Waals surface area contributed by atoms with Crippen molar-refractivity contribution in [1.29, 1.82) is 0 Å². The molecule has 0 aliphatic carbocycles. The Morgan fingerprint density at radius 2 is 1.75 bits per heavy atom. The Hall–Kier alpha value is -2.42. The van der Waals surface area contributed by atoms with E-state index in [-0.39, 0.29) is 29.4 Å². The molecule has 2 amide bonds. The van der Waals surface area contributed by atoms with Crippen LogP contribution < -0.4 is 10.9 Å². The van der Waals surface area contributed by atoms with Gasteiger partial charge in [0.15, 0.2) is 9.84 Å². The molecular formula is C15H18N2O6S. The maximum atomic E-state index is 11.9. The van der Waals surface area contributed by atoms with E-state index in [1.165, 1.54) is 31.4 Å². The largest absolute Gasteiger partial charge is 0.465 e. The van der Waals surface area contributed by atoms with Crippen molar-refractivity contribution in [3.8, 4) is 0 Å². The number of carbonyl (C=O) groups excluding carboxylic acids is 3. The first kappa shape index (κ1) is 17.9. The lowest BCUT2D eigenvalue weighted by atomic mass is 10.1. The standard InChI is InChI=1S/C15H18N2O6S/c1-23-15(20)12-4-2-11(3-5-12)14(19)17-16-13(18)8-10-6-7-24(21,22)9-10/h2-5,10H,6-9H2,1H3,(H,16,18)(H,17,19)/t10-/m0/s1. The van der Waals surface area contributed by atoms with Crippen LogP contribution in [0, 0.1) is 5.92 Å². The normalized spacial score (nSPS) is 18.6. The van der Waals surface area contributed by atoms with Gasteiger partial charge in [-0.25, -0.2) is 13.2 Å². The number of methoxy groups -OCH3 is 1. The maximum absolute atomic E-state index is 11.9. The molecule has 1 heterocycles. The number of carbonyl (C=O) groups is 3. The second kappa shape index (κ2) is 7.43. The van der Waals surface area contributed by atoms with Gasteiger partial charge in [0.1, 0.15) is 0 Å². The Labute approximate surface area is 139 Å². The monoisotopic (exact) mass is 354 g/mol. The molecule has 9 heteroatoms. The van der Waals surface area contributed by atoms with Crippen LogP contribution in [0.2, 0.25) is 0 Å². The number of amides is 2. The first-order valence-corrected chi connectivity index (χ1v) is 9.11. The summed E-state index contributed by atoms with van der Waals surface area (Å²) in [7, 11) is -1.78. The number of nitrogens with one attached hydrogen (secondary N) is 2. The van der Waals surface area contributed by atoms with E-state index < -0.39 is 27.6 Å². The minimum Gasteiger partial charge on any atom is -0.465 e. The predicted molar refractivity (Wildman–Crippen MR) is 84.8 cm³/mol. The van der Waals surface area contributed by atoms with Crippen molar-refractivity contribution in [2.45, 2.75) is 12.8 Å². The Morgan fingerprint density at radius 3 is 2.29 bits per heavy atom. The lowest BCUT2D eigenvalue weighted by molar-refractivity contribution is -0.122. The number of hydrazine groups is 1. The van der Waals surface area contributed by atoms with Crippen LogP contribution in [0.4, 0.5) is 0 Å². The molecule has 2 rings (SSSR count). The van der Waals surface area contributed by atoms with Gasteiger partial charge in [-0.2, -0.15) is 0 Å². The van der Waals surface area contributed by atoms with Crippen molar-refractivity contribution in [3.63, 3.8) is 0 Å². The lowest BCUT2D eigenvalue weighted by Gasteiger charge is -2.10. The Morgan fingerprint density at radius 1 is 1.12 bits per heavy atom. The number of esters is 1. The van der Waals surface area contributed by atoms with Crippen LogP contribution in [0.1, 0.15) is 33.6 Å². The summed E-state index contributed by atoms with van der Waals surface area (Å²) in [6.07, 6.45) is 0.499. The quantitative estimate of drug-likeness (QED) is 0.583. The Kier molecular flexibility index (Phi) is 5.55. The highest BCUT2D eigenvalue weighted by Gasteiger charge is 2.29. The lowest BCUT2D eigenvalue weighted by Crippen LogP contribution is -2.42. The molecule has 0 aromatic heterocycles. The van der Waals surface area contributed by atoms with Gasteiger partial charge in [-0.15, -0.1) is 0 Å². The Bertz CT molecular complexity index is 742. The molecule has 1 aromatic rings. The van der Waals surface area contributed by atoms with Crippen LogP contribution >= 0.6 is 0 Å². The summed E-state index contributed by atoms with van der Waals surface area (Å²) >= 11 is 0. The van der Waals surface area contributed by atoms with Crippen LogP contribution in [0.3, 0.4) is 0 Å². The van der Waals surface area contributed by atoms with E-state index in [0.717, 1.165) is 0 Å². The molecule has 0 radical (unpaired) electrons. The van der Waals surface area contributed by atoms with Gasteiger partial charge >= 0.3 is 5.97 Å². The number of sulfone groups is 1. The SMILES string of the molecule is COC(=O)c1ccc(C(=O)NNC(=O)C[C@@H]2CCS(=O)(=O)C2)cc1. The zero-order chi connectivity index (χ0) is 17.7. The summed E-state index contributed by atoms with van der Waals surface area (Å²) in [6, 6.07) is 5.73. The number of ether oxygens (including phenoxy) is 1. The van der Waals surface area contributed by atoms with E-state index in [1.807, 2.05) is 0 Å². The molecule has 0 saturated carbocycles. The van der Waals surface area contributed by atoms with Crippen molar-refractivity contribution in [2.75, 3.05) is 18.6 Å². The fourth-order valence-corrected chi connectivity index (χ4v) is 4.28. The van der Waals surface area contributed by atoms with E-state index in [4.69, 9.17) is 0 Å². The molecular weight excluding hydrogens is 336 g/mol. The third-order valence-corrected chi connectivity index (χ3v) is 5.52. The van der Waals surface area contributed by atoms with Crippen LogP contribution in [0.25, 0.3) is 0 Å². The van der Waals surface area contributed by atoms with Crippen LogP contribution in [-0.2, 0) is 19.4 Å². The van der Waals surface area contributed by atoms with Crippen LogP contribution in [-0.4, -0.2) is 44.8 Å². The van der Waals surface area contributed by atoms with Gasteiger partial charge in [0.2, 0.25) is 5.91 Å². The van der Waals surface area contributed by atoms with E-state index in [2.05, 4.69) is 15.6 Å². The molecule has 2 N–H and O–H groups in total. The highest BCUT2D eigenvalue weighted by atomic mass is 32.2. The van der Waals surface area contributed by atoms with Crippen molar-refractivity contribution in [3.05, 3.63) is 35.4 Å². The predicted octanol–water partition coefficient (Wildman–Crippen LogP) is 0.0590. The zero-order valence-electron chi connectivity index (χ0n) is 13.1. The molecule has 1 aromatic carbocycles. The first-order chi connectivity index (χ1) is 11.3. The van der Waals surface area contributed by atoms with Crippen molar-refractivity contribution in [1.82, 2.24) is 10.9 Å². The van der Waals surface area contributed by atoms with Gasteiger partial charge < -0.3 is 4.74 Å². The third kappa shape index (κ3) is 4.79.